The van der Waals surface area contributed by atoms with E-state index in [-0.39, 0.29) is 25.0 Å². The van der Waals surface area contributed by atoms with Gasteiger partial charge in [0.05, 0.1) is 6.54 Å². The molecule has 1 fully saturated rings. The van der Waals surface area contributed by atoms with Gasteiger partial charge < -0.3 is 9.64 Å². The van der Waals surface area contributed by atoms with Crippen molar-refractivity contribution in [3.63, 3.8) is 0 Å². The molecule has 0 radical (unpaired) electrons. The highest BCUT2D eigenvalue weighted by atomic mass is 32.1. The summed E-state index contributed by atoms with van der Waals surface area (Å²) in [4.78, 5) is 28.8. The second kappa shape index (κ2) is 10.5. The standard InChI is InChI=1S/C24H27N5O3S/c1-17-7-3-5-9-19(17)23-26-27-24(33-23)25-21(30)15-28-11-13-29(14-12-28)22(31)16-32-20-10-6-4-8-18(20)2/h3-10H,11-16H2,1-2H3,(H,25,27,30). The summed E-state index contributed by atoms with van der Waals surface area (Å²) in [6.45, 7) is 6.65. The third-order valence-corrected chi connectivity index (χ3v) is 6.46. The van der Waals surface area contributed by atoms with Crippen molar-refractivity contribution in [3.05, 3.63) is 59.7 Å². The Labute approximate surface area is 197 Å². The zero-order valence-corrected chi connectivity index (χ0v) is 19.6. The topological polar surface area (TPSA) is 87.7 Å². The maximum Gasteiger partial charge on any atom is 0.260 e. The van der Waals surface area contributed by atoms with E-state index in [1.54, 1.807) is 4.90 Å². The molecule has 172 valence electrons. The minimum absolute atomic E-state index is 0.0195. The first-order valence-electron chi connectivity index (χ1n) is 10.9. The molecule has 0 atom stereocenters. The van der Waals surface area contributed by atoms with Crippen LogP contribution in [0.4, 0.5) is 5.13 Å². The zero-order chi connectivity index (χ0) is 23.2. The molecule has 1 aliphatic heterocycles. The number of aromatic nitrogens is 2. The summed E-state index contributed by atoms with van der Waals surface area (Å²) in [5, 5.41) is 12.4. The predicted octanol–water partition coefficient (Wildman–Crippen LogP) is 2.98. The van der Waals surface area contributed by atoms with Crippen LogP contribution in [0.5, 0.6) is 5.75 Å². The van der Waals surface area contributed by atoms with Crippen LogP contribution < -0.4 is 10.1 Å². The van der Waals surface area contributed by atoms with Gasteiger partial charge in [-0.25, -0.2) is 0 Å². The van der Waals surface area contributed by atoms with E-state index >= 15 is 0 Å². The van der Waals surface area contributed by atoms with Gasteiger partial charge in [0.25, 0.3) is 5.91 Å². The van der Waals surface area contributed by atoms with Crippen LogP contribution in [-0.2, 0) is 9.59 Å². The summed E-state index contributed by atoms with van der Waals surface area (Å²) in [5.41, 5.74) is 3.13. The number of nitrogens with zero attached hydrogens (tertiary/aromatic N) is 4. The second-order valence-corrected chi connectivity index (χ2v) is 8.96. The van der Waals surface area contributed by atoms with Gasteiger partial charge in [-0.3, -0.25) is 19.8 Å². The first kappa shape index (κ1) is 22.9. The minimum atomic E-state index is -0.134. The number of benzene rings is 2. The number of hydrogen-bond acceptors (Lipinski definition) is 7. The highest BCUT2D eigenvalue weighted by Crippen LogP contribution is 2.28. The summed E-state index contributed by atoms with van der Waals surface area (Å²) in [5.74, 6) is 0.550. The monoisotopic (exact) mass is 465 g/mol. The highest BCUT2D eigenvalue weighted by Gasteiger charge is 2.23. The van der Waals surface area contributed by atoms with Crippen LogP contribution in [0, 0.1) is 13.8 Å². The third-order valence-electron chi connectivity index (χ3n) is 5.58. The predicted molar refractivity (Wildman–Crippen MR) is 128 cm³/mol. The van der Waals surface area contributed by atoms with E-state index < -0.39 is 0 Å². The number of amides is 2. The molecule has 0 unspecified atom stereocenters. The maximum absolute atomic E-state index is 12.5. The first-order valence-corrected chi connectivity index (χ1v) is 11.7. The fourth-order valence-electron chi connectivity index (χ4n) is 3.66. The van der Waals surface area contributed by atoms with Gasteiger partial charge in [-0.1, -0.05) is 53.8 Å². The molecule has 1 saturated heterocycles. The SMILES string of the molecule is Cc1ccccc1OCC(=O)N1CCN(CC(=O)Nc2nnc(-c3ccccc3C)s2)CC1. The number of nitrogens with one attached hydrogen (secondary N) is 1. The quantitative estimate of drug-likeness (QED) is 0.577. The summed E-state index contributed by atoms with van der Waals surface area (Å²) >= 11 is 1.36. The normalized spacial score (nSPS) is 14.2. The van der Waals surface area contributed by atoms with E-state index in [1.807, 2.05) is 67.3 Å². The van der Waals surface area contributed by atoms with Crippen molar-refractivity contribution in [2.24, 2.45) is 0 Å². The smallest absolute Gasteiger partial charge is 0.260 e. The summed E-state index contributed by atoms with van der Waals surface area (Å²) in [6.07, 6.45) is 0. The van der Waals surface area contributed by atoms with Crippen LogP contribution in [-0.4, -0.2) is 71.1 Å². The summed E-state index contributed by atoms with van der Waals surface area (Å²) in [6, 6.07) is 15.6. The molecule has 0 aliphatic carbocycles. The number of hydrogen-bond donors (Lipinski definition) is 1. The van der Waals surface area contributed by atoms with Crippen LogP contribution in [0.15, 0.2) is 48.5 Å². The van der Waals surface area contributed by atoms with Crippen molar-refractivity contribution in [2.45, 2.75) is 13.8 Å². The Morgan fingerprint density at radius 3 is 2.39 bits per heavy atom. The number of carbonyl (C=O) groups excluding carboxylic acids is 2. The van der Waals surface area contributed by atoms with Crippen molar-refractivity contribution in [3.8, 4) is 16.3 Å². The summed E-state index contributed by atoms with van der Waals surface area (Å²) < 4.78 is 5.67. The van der Waals surface area contributed by atoms with E-state index in [1.165, 1.54) is 11.3 Å². The van der Waals surface area contributed by atoms with Crippen LogP contribution >= 0.6 is 11.3 Å². The van der Waals surface area contributed by atoms with Crippen LogP contribution in [0.1, 0.15) is 11.1 Å². The fourth-order valence-corrected chi connectivity index (χ4v) is 4.51. The number of piperazine rings is 1. The fraction of sp³-hybridized carbons (Fsp3) is 0.333. The maximum atomic E-state index is 12.5. The van der Waals surface area contributed by atoms with E-state index in [2.05, 4.69) is 15.5 Å². The van der Waals surface area contributed by atoms with Gasteiger partial charge in [-0.2, -0.15) is 0 Å². The van der Waals surface area contributed by atoms with Crippen molar-refractivity contribution in [2.75, 3.05) is 44.6 Å². The molecule has 3 aromatic rings. The molecule has 0 bridgehead atoms. The van der Waals surface area contributed by atoms with Gasteiger partial charge in [0.1, 0.15) is 10.8 Å². The molecule has 1 aliphatic rings. The van der Waals surface area contributed by atoms with E-state index in [4.69, 9.17) is 4.74 Å². The third kappa shape index (κ3) is 5.94. The van der Waals surface area contributed by atoms with Gasteiger partial charge in [0, 0.05) is 31.7 Å². The lowest BCUT2D eigenvalue weighted by Gasteiger charge is -2.34. The van der Waals surface area contributed by atoms with Gasteiger partial charge in [-0.05, 0) is 31.0 Å². The lowest BCUT2D eigenvalue weighted by atomic mass is 10.1. The van der Waals surface area contributed by atoms with Gasteiger partial charge in [0.2, 0.25) is 11.0 Å². The van der Waals surface area contributed by atoms with Crippen molar-refractivity contribution in [1.29, 1.82) is 0 Å². The Hall–Kier alpha value is -3.30. The number of anilines is 1. The molecule has 4 rings (SSSR count). The summed E-state index contributed by atoms with van der Waals surface area (Å²) in [7, 11) is 0. The van der Waals surface area contributed by atoms with Gasteiger partial charge >= 0.3 is 0 Å². The lowest BCUT2D eigenvalue weighted by molar-refractivity contribution is -0.135. The number of carbonyl (C=O) groups is 2. The molecule has 1 aromatic heterocycles. The molecule has 2 aromatic carbocycles. The molecular weight excluding hydrogens is 438 g/mol. The van der Waals surface area contributed by atoms with E-state index in [0.717, 1.165) is 27.4 Å². The first-order chi connectivity index (χ1) is 16.0. The van der Waals surface area contributed by atoms with Crippen molar-refractivity contribution >= 4 is 28.3 Å². The zero-order valence-electron chi connectivity index (χ0n) is 18.8. The molecule has 9 heteroatoms. The Bertz CT molecular complexity index is 1120. The van der Waals surface area contributed by atoms with Crippen LogP contribution in [0.3, 0.4) is 0 Å². The molecule has 1 N–H and O–H groups in total. The molecule has 2 amide bonds. The van der Waals surface area contributed by atoms with E-state index in [9.17, 15) is 9.59 Å². The van der Waals surface area contributed by atoms with E-state index in [0.29, 0.717) is 31.3 Å². The Kier molecular flexibility index (Phi) is 7.31. The lowest BCUT2D eigenvalue weighted by Crippen LogP contribution is -2.51. The number of para-hydroxylation sites is 1. The van der Waals surface area contributed by atoms with Crippen LogP contribution in [0.25, 0.3) is 10.6 Å². The molecule has 0 spiro atoms. The van der Waals surface area contributed by atoms with Gasteiger partial charge in [0.15, 0.2) is 6.61 Å². The molecular formula is C24H27N5O3S. The number of aryl methyl sites for hydroxylation is 2. The van der Waals surface area contributed by atoms with Crippen LogP contribution in [0.2, 0.25) is 0 Å². The average molecular weight is 466 g/mol. The Morgan fingerprint density at radius 1 is 0.970 bits per heavy atom. The Morgan fingerprint density at radius 2 is 1.67 bits per heavy atom. The number of ether oxygens (including phenoxy) is 1. The second-order valence-electron chi connectivity index (χ2n) is 7.99. The molecule has 8 nitrogen and oxygen atoms in total. The van der Waals surface area contributed by atoms with Crippen molar-refractivity contribution in [1.82, 2.24) is 20.0 Å². The highest BCUT2D eigenvalue weighted by molar-refractivity contribution is 7.18. The minimum Gasteiger partial charge on any atom is -0.484 e. The Balaban J connectivity index is 1.21. The molecule has 0 saturated carbocycles. The average Bonchev–Trinajstić information content (AvgIpc) is 3.27. The number of rotatable bonds is 7. The van der Waals surface area contributed by atoms with Crippen molar-refractivity contribution < 1.29 is 14.3 Å². The molecule has 2 heterocycles. The molecule has 33 heavy (non-hydrogen) atoms. The largest absolute Gasteiger partial charge is 0.484 e. The van der Waals surface area contributed by atoms with Gasteiger partial charge in [-0.15, -0.1) is 10.2 Å².